The van der Waals surface area contributed by atoms with E-state index in [1.807, 2.05) is 24.0 Å². The second kappa shape index (κ2) is 9.93. The van der Waals surface area contributed by atoms with E-state index in [0.717, 1.165) is 68.3 Å². The van der Waals surface area contributed by atoms with Crippen LogP contribution < -0.4 is 11.1 Å². The number of rotatable bonds is 6. The fourth-order valence-corrected chi connectivity index (χ4v) is 5.71. The van der Waals surface area contributed by atoms with Gasteiger partial charge in [-0.25, -0.2) is 4.98 Å². The van der Waals surface area contributed by atoms with Crippen LogP contribution in [0.5, 0.6) is 0 Å². The summed E-state index contributed by atoms with van der Waals surface area (Å²) in [5, 5.41) is 3.91. The van der Waals surface area contributed by atoms with Crippen molar-refractivity contribution < 1.29 is 9.59 Å². The van der Waals surface area contributed by atoms with Crippen LogP contribution in [0.3, 0.4) is 0 Å². The van der Waals surface area contributed by atoms with Crippen LogP contribution >= 0.6 is 0 Å². The molecule has 36 heavy (non-hydrogen) atoms. The zero-order chi connectivity index (χ0) is 25.4. The number of hydrogen-bond donors (Lipinski definition) is 2. The molecule has 1 saturated carbocycles. The molecule has 2 saturated heterocycles. The molecule has 3 fully saturated rings. The van der Waals surface area contributed by atoms with Gasteiger partial charge in [-0.05, 0) is 57.4 Å². The first kappa shape index (κ1) is 24.3. The first-order valence-corrected chi connectivity index (χ1v) is 12.9. The topological polar surface area (TPSA) is 113 Å². The van der Waals surface area contributed by atoms with E-state index in [1.54, 1.807) is 31.3 Å². The molecule has 4 heterocycles. The molecular weight excluding hydrogens is 456 g/mol. The molecule has 2 aliphatic heterocycles. The highest BCUT2D eigenvalue weighted by molar-refractivity contribution is 5.97. The number of nitrogens with two attached hydrogens (primary N) is 1. The minimum atomic E-state index is -0.0394. The van der Waals surface area contributed by atoms with E-state index in [-0.39, 0.29) is 23.9 Å². The Bertz CT molecular complexity index is 1220. The minimum absolute atomic E-state index is 0.0158. The molecule has 10 heteroatoms. The monoisotopic (exact) mass is 492 g/mol. The number of aromatic nitrogens is 3. The maximum Gasteiger partial charge on any atom is 0.270 e. The lowest BCUT2D eigenvalue weighted by Gasteiger charge is -2.37. The van der Waals surface area contributed by atoms with Gasteiger partial charge in [-0.2, -0.15) is 4.98 Å². The van der Waals surface area contributed by atoms with Crippen LogP contribution in [0, 0.1) is 0 Å². The average molecular weight is 493 g/mol. The van der Waals surface area contributed by atoms with Gasteiger partial charge in [0.1, 0.15) is 17.2 Å². The first-order valence-electron chi connectivity index (χ1n) is 12.9. The molecular formula is C26H36N8O2. The number of amides is 2. The highest BCUT2D eigenvalue weighted by Gasteiger charge is 2.37. The summed E-state index contributed by atoms with van der Waals surface area (Å²) in [6.07, 6.45) is 11.7. The maximum absolute atomic E-state index is 12.9. The number of piperazine rings is 1. The van der Waals surface area contributed by atoms with Crippen LogP contribution in [0.15, 0.2) is 35.9 Å². The number of hydrogen-bond acceptors (Lipinski definition) is 7. The normalized spacial score (nSPS) is 21.9. The number of carbonyl (C=O) groups excluding carboxylic acids is 2. The van der Waals surface area contributed by atoms with Crippen LogP contribution in [-0.4, -0.2) is 80.8 Å². The Morgan fingerprint density at radius 1 is 1.14 bits per heavy atom. The molecule has 1 atom stereocenters. The Kier molecular flexibility index (Phi) is 6.70. The third kappa shape index (κ3) is 4.57. The van der Waals surface area contributed by atoms with Crippen molar-refractivity contribution in [3.05, 3.63) is 41.6 Å². The SMILES string of the molecule is C/C(=C\C=C(/N)Nc1ncc2cc(C(=O)N(C)C)n(C3CCCC3)c2n1)N1CCN2CCCC2C1=O. The Labute approximate surface area is 211 Å². The molecule has 0 radical (unpaired) electrons. The van der Waals surface area contributed by atoms with Gasteiger partial charge in [0, 0.05) is 50.5 Å². The summed E-state index contributed by atoms with van der Waals surface area (Å²) >= 11 is 0. The zero-order valence-electron chi connectivity index (χ0n) is 21.4. The molecule has 2 aromatic rings. The molecule has 1 unspecified atom stereocenters. The smallest absolute Gasteiger partial charge is 0.270 e. The van der Waals surface area contributed by atoms with Gasteiger partial charge in [-0.1, -0.05) is 12.8 Å². The Morgan fingerprint density at radius 2 is 1.92 bits per heavy atom. The van der Waals surface area contributed by atoms with E-state index in [4.69, 9.17) is 10.7 Å². The second-order valence-electron chi connectivity index (χ2n) is 10.2. The van der Waals surface area contributed by atoms with Gasteiger partial charge >= 0.3 is 0 Å². The molecule has 0 aromatic carbocycles. The second-order valence-corrected chi connectivity index (χ2v) is 10.2. The quantitative estimate of drug-likeness (QED) is 0.596. The zero-order valence-corrected chi connectivity index (χ0v) is 21.4. The van der Waals surface area contributed by atoms with Gasteiger partial charge < -0.3 is 25.4 Å². The first-order chi connectivity index (χ1) is 17.3. The molecule has 3 N–H and O–H groups in total. The van der Waals surface area contributed by atoms with Crippen LogP contribution in [0.2, 0.25) is 0 Å². The predicted molar refractivity (Wildman–Crippen MR) is 139 cm³/mol. The largest absolute Gasteiger partial charge is 0.385 e. The number of carbonyl (C=O) groups is 2. The van der Waals surface area contributed by atoms with E-state index in [0.29, 0.717) is 24.0 Å². The Morgan fingerprint density at radius 3 is 2.67 bits per heavy atom. The maximum atomic E-state index is 12.9. The van der Waals surface area contributed by atoms with Crippen molar-refractivity contribution in [1.29, 1.82) is 0 Å². The molecule has 2 aromatic heterocycles. The van der Waals surface area contributed by atoms with Crippen LogP contribution in [0.25, 0.3) is 11.0 Å². The number of allylic oxidation sites excluding steroid dienone is 3. The number of fused-ring (bicyclic) bond motifs is 2. The summed E-state index contributed by atoms with van der Waals surface area (Å²) in [7, 11) is 3.53. The van der Waals surface area contributed by atoms with E-state index in [1.165, 1.54) is 0 Å². The van der Waals surface area contributed by atoms with Gasteiger partial charge in [0.05, 0.1) is 6.04 Å². The lowest BCUT2D eigenvalue weighted by Crippen LogP contribution is -2.53. The van der Waals surface area contributed by atoms with Crippen molar-refractivity contribution in [3.63, 3.8) is 0 Å². The third-order valence-corrected chi connectivity index (χ3v) is 7.60. The lowest BCUT2D eigenvalue weighted by atomic mass is 10.1. The number of nitrogens with zero attached hydrogens (tertiary/aromatic N) is 6. The molecule has 192 valence electrons. The van der Waals surface area contributed by atoms with Gasteiger partial charge in [-0.15, -0.1) is 0 Å². The summed E-state index contributed by atoms with van der Waals surface area (Å²) in [6.45, 7) is 4.56. The fraction of sp³-hybridized carbons (Fsp3) is 0.538. The van der Waals surface area contributed by atoms with Crippen LogP contribution in [0.1, 0.15) is 62.0 Å². The summed E-state index contributed by atoms with van der Waals surface area (Å²) in [5.41, 5.74) is 8.50. The molecule has 0 spiro atoms. The molecule has 1 aliphatic carbocycles. The van der Waals surface area contributed by atoms with Gasteiger partial charge in [-0.3, -0.25) is 14.5 Å². The minimum Gasteiger partial charge on any atom is -0.385 e. The van der Waals surface area contributed by atoms with Crippen molar-refractivity contribution in [1.82, 2.24) is 29.2 Å². The molecule has 2 amide bonds. The van der Waals surface area contributed by atoms with Crippen molar-refractivity contribution in [3.8, 4) is 0 Å². The van der Waals surface area contributed by atoms with Gasteiger partial charge in [0.2, 0.25) is 11.9 Å². The lowest BCUT2D eigenvalue weighted by molar-refractivity contribution is -0.137. The highest BCUT2D eigenvalue weighted by Crippen LogP contribution is 2.34. The highest BCUT2D eigenvalue weighted by atomic mass is 16.2. The Balaban J connectivity index is 1.36. The molecule has 3 aliphatic rings. The third-order valence-electron chi connectivity index (χ3n) is 7.60. The van der Waals surface area contributed by atoms with E-state index in [9.17, 15) is 9.59 Å². The van der Waals surface area contributed by atoms with Gasteiger partial charge in [0.25, 0.3) is 5.91 Å². The number of anilines is 1. The Hall–Kier alpha value is -3.40. The van der Waals surface area contributed by atoms with Crippen molar-refractivity contribution >= 4 is 28.8 Å². The van der Waals surface area contributed by atoms with E-state index < -0.39 is 0 Å². The summed E-state index contributed by atoms with van der Waals surface area (Å²) < 4.78 is 2.08. The number of nitrogens with one attached hydrogen (secondary N) is 1. The summed E-state index contributed by atoms with van der Waals surface area (Å²) in [6, 6.07) is 2.15. The predicted octanol–water partition coefficient (Wildman–Crippen LogP) is 2.67. The average Bonchev–Trinajstić information content (AvgIpc) is 3.61. The van der Waals surface area contributed by atoms with Crippen LogP contribution in [-0.2, 0) is 4.79 Å². The van der Waals surface area contributed by atoms with E-state index in [2.05, 4.69) is 19.8 Å². The molecule has 0 bridgehead atoms. The van der Waals surface area contributed by atoms with Gasteiger partial charge in [0.15, 0.2) is 0 Å². The summed E-state index contributed by atoms with van der Waals surface area (Å²) in [4.78, 5) is 40.7. The molecule has 5 rings (SSSR count). The van der Waals surface area contributed by atoms with Crippen molar-refractivity contribution in [2.75, 3.05) is 39.0 Å². The standard InChI is InChI=1S/C26H36N8O2/c1-17(33-14-13-32-12-6-9-20(32)25(33)36)10-11-22(27)29-26-28-16-18-15-21(24(35)31(2)3)34(23(18)30-26)19-7-4-5-8-19/h10-11,15-16,19-20H,4-9,12-14,27H2,1-3H3,(H,28,29,30)/b17-10+,22-11+. The van der Waals surface area contributed by atoms with Crippen molar-refractivity contribution in [2.24, 2.45) is 5.73 Å². The van der Waals surface area contributed by atoms with Crippen molar-refractivity contribution in [2.45, 2.75) is 57.5 Å². The fourth-order valence-electron chi connectivity index (χ4n) is 5.71. The molecule has 10 nitrogen and oxygen atoms in total. The van der Waals surface area contributed by atoms with Crippen LogP contribution in [0.4, 0.5) is 5.95 Å². The summed E-state index contributed by atoms with van der Waals surface area (Å²) in [5.74, 6) is 0.891. The van der Waals surface area contributed by atoms with E-state index >= 15 is 0 Å².